The van der Waals surface area contributed by atoms with E-state index >= 15 is 0 Å². The molecule has 0 radical (unpaired) electrons. The van der Waals surface area contributed by atoms with Gasteiger partial charge in [-0.25, -0.2) is 10.1 Å². The molecule has 0 saturated heterocycles. The number of allylic oxidation sites excluding steroid dienone is 2. The summed E-state index contributed by atoms with van der Waals surface area (Å²) in [5, 5.41) is 30.2. The van der Waals surface area contributed by atoms with Gasteiger partial charge in [0, 0.05) is 29.8 Å². The number of hydrogen-bond acceptors (Lipinski definition) is 10. The van der Waals surface area contributed by atoms with Crippen LogP contribution in [0.1, 0.15) is 23.3 Å². The van der Waals surface area contributed by atoms with Crippen molar-refractivity contribution in [3.05, 3.63) is 52.2 Å². The van der Waals surface area contributed by atoms with Crippen LogP contribution in [0, 0.1) is 27.9 Å². The molecule has 13 heteroatoms. The first kappa shape index (κ1) is 19.5. The summed E-state index contributed by atoms with van der Waals surface area (Å²) in [6, 6.07) is 5.55. The summed E-state index contributed by atoms with van der Waals surface area (Å²) in [5.41, 5.74) is 8.73. The minimum atomic E-state index is -0.602. The zero-order valence-electron chi connectivity index (χ0n) is 16.5. The van der Waals surface area contributed by atoms with E-state index in [0.29, 0.717) is 17.4 Å². The maximum atomic E-state index is 12.9. The minimum absolute atomic E-state index is 0.0298. The molecule has 5 rings (SSSR count). The zero-order chi connectivity index (χ0) is 22.2. The third-order valence-electron chi connectivity index (χ3n) is 5.70. The van der Waals surface area contributed by atoms with Crippen molar-refractivity contribution in [2.24, 2.45) is 22.9 Å². The Morgan fingerprint density at radius 1 is 1.28 bits per heavy atom. The first-order valence-corrected chi connectivity index (χ1v) is 9.82. The molecule has 0 aliphatic heterocycles. The number of non-ortho nitro benzene ring substituents is 1. The second-order valence-corrected chi connectivity index (χ2v) is 7.64. The van der Waals surface area contributed by atoms with Gasteiger partial charge in [0.2, 0.25) is 11.6 Å². The first-order valence-electron chi connectivity index (χ1n) is 9.82. The number of nitrogens with two attached hydrogens (primary N) is 1. The lowest BCUT2D eigenvalue weighted by atomic mass is 9.95. The normalized spacial score (nSPS) is 21.4. The summed E-state index contributed by atoms with van der Waals surface area (Å²) in [6.07, 6.45) is 8.31. The summed E-state index contributed by atoms with van der Waals surface area (Å²) < 4.78 is 5.81. The Bertz CT molecular complexity index is 1240. The molecule has 1 aromatic carbocycles. The fraction of sp³-hybridized carbons (Fsp3) is 0.263. The molecule has 2 aliphatic carbocycles. The Morgan fingerprint density at radius 2 is 2.09 bits per heavy atom. The van der Waals surface area contributed by atoms with Crippen molar-refractivity contribution in [3.63, 3.8) is 0 Å². The van der Waals surface area contributed by atoms with E-state index < -0.39 is 10.8 Å². The van der Waals surface area contributed by atoms with Gasteiger partial charge in [-0.2, -0.15) is 9.78 Å². The molecule has 2 aliphatic rings. The number of nitrogens with one attached hydrogen (secondary N) is 1. The Morgan fingerprint density at radius 3 is 2.72 bits per heavy atom. The molecule has 1 fully saturated rings. The van der Waals surface area contributed by atoms with Crippen molar-refractivity contribution in [1.29, 1.82) is 0 Å². The number of nitro benzene ring substituents is 1. The molecule has 3 N–H and O–H groups in total. The lowest BCUT2D eigenvalue weighted by Crippen LogP contribution is -2.21. The predicted molar refractivity (Wildman–Crippen MR) is 111 cm³/mol. The molecule has 162 valence electrons. The van der Waals surface area contributed by atoms with Crippen LogP contribution < -0.4 is 11.2 Å². The lowest BCUT2D eigenvalue weighted by Gasteiger charge is -2.11. The summed E-state index contributed by atoms with van der Waals surface area (Å²) in [5.74, 6) is 0.697. The number of benzene rings is 1. The molecular weight excluding hydrogens is 418 g/mol. The van der Waals surface area contributed by atoms with Crippen molar-refractivity contribution in [2.45, 2.75) is 12.8 Å². The Balaban J connectivity index is 1.45. The van der Waals surface area contributed by atoms with Crippen LogP contribution >= 0.6 is 0 Å². The number of anilines is 1. The summed E-state index contributed by atoms with van der Waals surface area (Å²) in [4.78, 5) is 23.3. The number of aromatic nitrogens is 5. The predicted octanol–water partition coefficient (Wildman–Crippen LogP) is 1.74. The minimum Gasteiger partial charge on any atom is -0.378 e. The van der Waals surface area contributed by atoms with Crippen molar-refractivity contribution in [3.8, 4) is 17.1 Å². The van der Waals surface area contributed by atoms with Gasteiger partial charge >= 0.3 is 0 Å². The molecule has 0 unspecified atom stereocenters. The maximum absolute atomic E-state index is 12.9. The molecule has 0 spiro atoms. The van der Waals surface area contributed by atoms with Gasteiger partial charge in [0.15, 0.2) is 5.69 Å². The molecule has 1 amide bonds. The quantitative estimate of drug-likeness (QED) is 0.252. The average Bonchev–Trinajstić information content (AvgIpc) is 3.57. The second-order valence-electron chi connectivity index (χ2n) is 7.64. The van der Waals surface area contributed by atoms with Crippen LogP contribution in [0.3, 0.4) is 0 Å². The number of nitrogens with zero attached hydrogens (tertiary/aromatic N) is 7. The fourth-order valence-electron chi connectivity index (χ4n) is 4.16. The van der Waals surface area contributed by atoms with Gasteiger partial charge in [0.1, 0.15) is 5.69 Å². The van der Waals surface area contributed by atoms with E-state index in [9.17, 15) is 14.9 Å². The van der Waals surface area contributed by atoms with Crippen LogP contribution in [0.4, 0.5) is 11.5 Å². The van der Waals surface area contributed by atoms with Gasteiger partial charge in [-0.3, -0.25) is 14.9 Å². The number of amides is 1. The highest BCUT2D eigenvalue weighted by Gasteiger charge is 2.34. The summed E-state index contributed by atoms with van der Waals surface area (Å²) in [6.45, 7) is 0. The number of carbonyl (C=O) groups is 1. The SMILES string of the molecule is Nc1nonc1-n1nnc(C(=O)N/N=C\[C@@H]2C[C@H]3C=C[C@H]2C3)c1-c1ccc([N+](=O)[O-])cc1. The molecule has 2 aromatic heterocycles. The number of rotatable bonds is 6. The van der Waals surface area contributed by atoms with E-state index in [0.717, 1.165) is 12.8 Å². The fourth-order valence-corrected chi connectivity index (χ4v) is 4.16. The standard InChI is InChI=1S/C19H17N9O4/c20-17-18(25-32-24-17)27-16(11-3-5-14(6-4-11)28(30)31)15(22-26-27)19(29)23-21-9-13-8-10-1-2-12(13)7-10/h1-6,9-10,12-13H,7-8H2,(H2,20,24)(H,23,29)/b21-9-/t10-,12-,13-/m0/s1. The van der Waals surface area contributed by atoms with Crippen LogP contribution in [0.25, 0.3) is 17.1 Å². The van der Waals surface area contributed by atoms with Crippen LogP contribution in [-0.4, -0.2) is 42.4 Å². The number of nitrogen functional groups attached to an aromatic ring is 1. The van der Waals surface area contributed by atoms with Crippen molar-refractivity contribution in [2.75, 3.05) is 5.73 Å². The first-order chi connectivity index (χ1) is 15.5. The van der Waals surface area contributed by atoms with E-state index in [1.807, 2.05) is 0 Å². The smallest absolute Gasteiger partial charge is 0.294 e. The highest BCUT2D eigenvalue weighted by molar-refractivity contribution is 5.98. The van der Waals surface area contributed by atoms with Crippen LogP contribution in [0.5, 0.6) is 0 Å². The highest BCUT2D eigenvalue weighted by Crippen LogP contribution is 2.42. The van der Waals surface area contributed by atoms with E-state index in [4.69, 9.17) is 5.73 Å². The van der Waals surface area contributed by atoms with Crippen LogP contribution in [0.15, 0.2) is 46.1 Å². The zero-order valence-corrected chi connectivity index (χ0v) is 16.5. The number of hydrazone groups is 1. The monoisotopic (exact) mass is 435 g/mol. The van der Waals surface area contributed by atoms with E-state index in [1.165, 1.54) is 28.9 Å². The third kappa shape index (κ3) is 3.38. The van der Waals surface area contributed by atoms with Crippen LogP contribution in [0.2, 0.25) is 0 Å². The van der Waals surface area contributed by atoms with E-state index in [1.54, 1.807) is 6.21 Å². The summed E-state index contributed by atoms with van der Waals surface area (Å²) in [7, 11) is 0. The summed E-state index contributed by atoms with van der Waals surface area (Å²) >= 11 is 0. The molecule has 2 heterocycles. The van der Waals surface area contributed by atoms with Crippen LogP contribution in [-0.2, 0) is 0 Å². The van der Waals surface area contributed by atoms with E-state index in [-0.39, 0.29) is 34.6 Å². The molecule has 32 heavy (non-hydrogen) atoms. The number of hydrogen-bond donors (Lipinski definition) is 2. The number of carbonyl (C=O) groups excluding carboxylic acids is 1. The Labute approximate surface area is 180 Å². The molecule has 3 aromatic rings. The molecule has 1 saturated carbocycles. The van der Waals surface area contributed by atoms with Gasteiger partial charge < -0.3 is 5.73 Å². The van der Waals surface area contributed by atoms with Crippen molar-refractivity contribution in [1.82, 2.24) is 30.7 Å². The molecule has 13 nitrogen and oxygen atoms in total. The number of fused-ring (bicyclic) bond motifs is 2. The van der Waals surface area contributed by atoms with Gasteiger partial charge in [-0.05, 0) is 47.1 Å². The largest absolute Gasteiger partial charge is 0.378 e. The van der Waals surface area contributed by atoms with Gasteiger partial charge in [0.25, 0.3) is 11.6 Å². The third-order valence-corrected chi connectivity index (χ3v) is 5.70. The van der Waals surface area contributed by atoms with Gasteiger partial charge in [-0.15, -0.1) is 5.10 Å². The average molecular weight is 435 g/mol. The van der Waals surface area contributed by atoms with Gasteiger partial charge in [-0.1, -0.05) is 17.4 Å². The number of nitro groups is 1. The van der Waals surface area contributed by atoms with E-state index in [2.05, 4.69) is 47.9 Å². The van der Waals surface area contributed by atoms with Gasteiger partial charge in [0.05, 0.1) is 4.92 Å². The maximum Gasteiger partial charge on any atom is 0.294 e. The second kappa shape index (κ2) is 7.68. The molecule has 3 atom stereocenters. The topological polar surface area (TPSA) is 180 Å². The lowest BCUT2D eigenvalue weighted by molar-refractivity contribution is -0.384. The molecule has 2 bridgehead atoms. The van der Waals surface area contributed by atoms with Crippen molar-refractivity contribution >= 4 is 23.6 Å². The Kier molecular flexibility index (Phi) is 4.69. The van der Waals surface area contributed by atoms with Crippen molar-refractivity contribution < 1.29 is 14.3 Å². The molecular formula is C19H17N9O4. The Hall–Kier alpha value is -4.42. The highest BCUT2D eigenvalue weighted by atomic mass is 16.6.